The Morgan fingerprint density at radius 3 is 2.56 bits per heavy atom. The summed E-state index contributed by atoms with van der Waals surface area (Å²) in [4.78, 5) is 26.8. The van der Waals surface area contributed by atoms with Gasteiger partial charge in [-0.2, -0.15) is 5.48 Å². The van der Waals surface area contributed by atoms with E-state index in [4.69, 9.17) is 9.94 Å². The van der Waals surface area contributed by atoms with Gasteiger partial charge in [-0.05, 0) is 19.1 Å². The van der Waals surface area contributed by atoms with E-state index in [1.165, 1.54) is 19.1 Å². The van der Waals surface area contributed by atoms with Crippen molar-refractivity contribution in [1.82, 2.24) is 5.48 Å². The molecule has 0 atom stereocenters. The summed E-state index contributed by atoms with van der Waals surface area (Å²) in [6.07, 6.45) is 0. The van der Waals surface area contributed by atoms with E-state index < -0.39 is 11.9 Å². The molecule has 5 heteroatoms. The molecule has 1 aromatic rings. The van der Waals surface area contributed by atoms with Gasteiger partial charge in [-0.15, -0.1) is 0 Å². The monoisotopic (exact) mass is 221 g/mol. The molecule has 0 radical (unpaired) electrons. The molecule has 0 heterocycles. The smallest absolute Gasteiger partial charge is 0.339 e. The van der Waals surface area contributed by atoms with Crippen molar-refractivity contribution < 1.29 is 19.5 Å². The molecule has 0 saturated carbocycles. The van der Waals surface area contributed by atoms with Gasteiger partial charge < -0.3 is 9.94 Å². The first kappa shape index (κ1) is 11.8. The first-order valence-electron chi connectivity index (χ1n) is 4.47. The zero-order valence-corrected chi connectivity index (χ0v) is 8.69. The van der Waals surface area contributed by atoms with E-state index in [1.54, 1.807) is 12.1 Å². The zero-order valence-electron chi connectivity index (χ0n) is 8.69. The van der Waals surface area contributed by atoms with Gasteiger partial charge in [0.2, 0.25) is 0 Å². The van der Waals surface area contributed by atoms with Crippen LogP contribution in [0.4, 0.5) is 0 Å². The topological polar surface area (TPSA) is 75.6 Å². The van der Waals surface area contributed by atoms with E-state index in [0.29, 0.717) is 0 Å². The summed E-state index contributed by atoms with van der Waals surface area (Å²) in [5.74, 6) is -1.55. The van der Waals surface area contributed by atoms with Crippen molar-refractivity contribution in [3.8, 4) is 5.75 Å². The minimum absolute atomic E-state index is 0.0236. The third kappa shape index (κ3) is 2.84. The van der Waals surface area contributed by atoms with Crippen LogP contribution in [0.25, 0.3) is 0 Å². The molecule has 1 aromatic carbocycles. The van der Waals surface area contributed by atoms with E-state index in [2.05, 4.69) is 12.1 Å². The van der Waals surface area contributed by atoms with Crippen molar-refractivity contribution in [2.45, 2.75) is 6.92 Å². The molecule has 1 amide bonds. The Balaban J connectivity index is 2.78. The first-order chi connectivity index (χ1) is 7.52. The second-order valence-electron chi connectivity index (χ2n) is 3.11. The number of rotatable bonds is 4. The first-order valence-corrected chi connectivity index (χ1v) is 4.47. The van der Waals surface area contributed by atoms with Crippen LogP contribution in [0.5, 0.6) is 5.75 Å². The van der Waals surface area contributed by atoms with E-state index in [1.807, 2.05) is 0 Å². The van der Waals surface area contributed by atoms with Crippen molar-refractivity contribution in [3.05, 3.63) is 42.0 Å². The number of carboxylic acid groups (broad SMARTS) is 1. The van der Waals surface area contributed by atoms with Crippen LogP contribution in [-0.4, -0.2) is 17.0 Å². The number of hydrogen-bond acceptors (Lipinski definition) is 3. The van der Waals surface area contributed by atoms with Gasteiger partial charge in [0.1, 0.15) is 5.56 Å². The summed E-state index contributed by atoms with van der Waals surface area (Å²) in [6, 6.07) is 6.00. The van der Waals surface area contributed by atoms with Crippen molar-refractivity contribution in [2.75, 3.05) is 0 Å². The molecular formula is C11H11NO4. The lowest BCUT2D eigenvalue weighted by atomic mass is 10.2. The van der Waals surface area contributed by atoms with Crippen LogP contribution in [0.1, 0.15) is 17.3 Å². The zero-order chi connectivity index (χ0) is 12.1. The molecule has 0 saturated heterocycles. The van der Waals surface area contributed by atoms with Crippen molar-refractivity contribution in [2.24, 2.45) is 0 Å². The number of para-hydroxylation sites is 1. The molecule has 5 nitrogen and oxygen atoms in total. The second-order valence-corrected chi connectivity index (χ2v) is 3.11. The maximum absolute atomic E-state index is 11.1. The molecule has 16 heavy (non-hydrogen) atoms. The summed E-state index contributed by atoms with van der Waals surface area (Å²) in [7, 11) is 0. The van der Waals surface area contributed by atoms with Gasteiger partial charge in [0.05, 0.1) is 0 Å². The van der Waals surface area contributed by atoms with E-state index in [0.717, 1.165) is 0 Å². The van der Waals surface area contributed by atoms with Crippen molar-refractivity contribution in [1.29, 1.82) is 0 Å². The normalized spacial score (nSPS) is 9.31. The van der Waals surface area contributed by atoms with E-state index in [9.17, 15) is 9.59 Å². The summed E-state index contributed by atoms with van der Waals surface area (Å²) >= 11 is 0. The summed E-state index contributed by atoms with van der Waals surface area (Å²) in [5.41, 5.74) is 2.34. The van der Waals surface area contributed by atoms with Crippen molar-refractivity contribution >= 4 is 11.9 Å². The van der Waals surface area contributed by atoms with Gasteiger partial charge >= 0.3 is 5.97 Å². The molecule has 0 fully saturated rings. The molecule has 1 rings (SSSR count). The quantitative estimate of drug-likeness (QED) is 0.594. The van der Waals surface area contributed by atoms with Crippen LogP contribution in [0.3, 0.4) is 0 Å². The molecule has 0 spiro atoms. The maximum atomic E-state index is 11.1. The number of aromatic carboxylic acids is 1. The average molecular weight is 221 g/mol. The Bertz CT molecular complexity index is 439. The summed E-state index contributed by atoms with van der Waals surface area (Å²) in [5, 5.41) is 8.83. The Morgan fingerprint density at radius 2 is 2.00 bits per heavy atom. The highest BCUT2D eigenvalue weighted by atomic mass is 16.7. The number of benzene rings is 1. The lowest BCUT2D eigenvalue weighted by Gasteiger charge is -2.08. The van der Waals surface area contributed by atoms with Gasteiger partial charge in [0.25, 0.3) is 5.91 Å². The lowest BCUT2D eigenvalue weighted by Crippen LogP contribution is -2.27. The second kappa shape index (κ2) is 4.97. The van der Waals surface area contributed by atoms with Crippen LogP contribution in [0, 0.1) is 0 Å². The van der Waals surface area contributed by atoms with Gasteiger partial charge in [0, 0.05) is 5.57 Å². The summed E-state index contributed by atoms with van der Waals surface area (Å²) in [6.45, 7) is 4.93. The van der Waals surface area contributed by atoms with Crippen molar-refractivity contribution in [3.63, 3.8) is 0 Å². The Labute approximate surface area is 92.3 Å². The van der Waals surface area contributed by atoms with E-state index in [-0.39, 0.29) is 16.9 Å². The number of hydrogen-bond donors (Lipinski definition) is 2. The highest BCUT2D eigenvalue weighted by Gasteiger charge is 2.11. The number of nitrogens with one attached hydrogen (secondary N) is 1. The maximum Gasteiger partial charge on any atom is 0.339 e. The molecule has 0 unspecified atom stereocenters. The molecule has 0 aliphatic heterocycles. The highest BCUT2D eigenvalue weighted by Crippen LogP contribution is 2.16. The van der Waals surface area contributed by atoms with Crippen LogP contribution < -0.4 is 10.3 Å². The van der Waals surface area contributed by atoms with Crippen LogP contribution in [-0.2, 0) is 4.79 Å². The molecule has 0 aromatic heterocycles. The third-order valence-electron chi connectivity index (χ3n) is 1.76. The van der Waals surface area contributed by atoms with Gasteiger partial charge in [-0.3, -0.25) is 4.79 Å². The van der Waals surface area contributed by atoms with Gasteiger partial charge in [0.15, 0.2) is 5.75 Å². The lowest BCUT2D eigenvalue weighted by molar-refractivity contribution is -0.123. The molecule has 0 aliphatic rings. The number of carbonyl (C=O) groups is 2. The number of hydroxylamine groups is 1. The molecule has 2 N–H and O–H groups in total. The van der Waals surface area contributed by atoms with Crippen LogP contribution >= 0.6 is 0 Å². The standard InChI is InChI=1S/C11H11NO4/c1-7(2)10(13)12-16-9-6-4-3-5-8(9)11(14)15/h3-6H,1H2,2H3,(H,12,13)(H,14,15). The average Bonchev–Trinajstić information content (AvgIpc) is 2.25. The fourth-order valence-electron chi connectivity index (χ4n) is 0.921. The fourth-order valence-corrected chi connectivity index (χ4v) is 0.921. The minimum atomic E-state index is -1.12. The van der Waals surface area contributed by atoms with Crippen LogP contribution in [0.15, 0.2) is 36.4 Å². The van der Waals surface area contributed by atoms with Gasteiger partial charge in [-0.1, -0.05) is 18.7 Å². The molecule has 0 aliphatic carbocycles. The number of carbonyl (C=O) groups excluding carboxylic acids is 1. The predicted octanol–water partition coefficient (Wildman–Crippen LogP) is 1.37. The largest absolute Gasteiger partial charge is 0.478 e. The highest BCUT2D eigenvalue weighted by molar-refractivity contribution is 5.92. The van der Waals surface area contributed by atoms with Crippen LogP contribution in [0.2, 0.25) is 0 Å². The Morgan fingerprint density at radius 1 is 1.38 bits per heavy atom. The number of amides is 1. The Kier molecular flexibility index (Phi) is 3.66. The fraction of sp³-hybridized carbons (Fsp3) is 0.0909. The van der Waals surface area contributed by atoms with E-state index >= 15 is 0 Å². The third-order valence-corrected chi connectivity index (χ3v) is 1.76. The molecule has 0 bridgehead atoms. The SMILES string of the molecule is C=C(C)C(=O)NOc1ccccc1C(=O)O. The van der Waals surface area contributed by atoms with Gasteiger partial charge in [-0.25, -0.2) is 4.79 Å². The molecule has 84 valence electrons. The summed E-state index contributed by atoms with van der Waals surface area (Å²) < 4.78 is 0. The Hall–Kier alpha value is -2.30. The number of carboxylic acids is 1. The predicted molar refractivity (Wildman–Crippen MR) is 57.0 cm³/mol. The molecular weight excluding hydrogens is 210 g/mol. The minimum Gasteiger partial charge on any atom is -0.478 e.